The molecule has 0 aliphatic carbocycles. The zero-order valence-corrected chi connectivity index (χ0v) is 17.3. The lowest BCUT2D eigenvalue weighted by Crippen LogP contribution is -2.47. The van der Waals surface area contributed by atoms with Crippen molar-refractivity contribution in [2.45, 2.75) is 24.8 Å². The fourth-order valence-corrected chi connectivity index (χ4v) is 4.25. The average molecular weight is 443 g/mol. The highest BCUT2D eigenvalue weighted by Crippen LogP contribution is 2.32. The standard InChI is InChI=1S/C19H20ClFN2O5S/c1-11(2)18(19(24)22-12-3-5-15(21)14(20)9-12)23-29(25,26)13-4-6-16-17(10-13)28-8-7-27-16/h3-6,9-11,18,23H,7-8H2,1-2H3,(H,22,24). The number of ether oxygens (including phenoxy) is 2. The second kappa shape index (κ2) is 8.56. The van der Waals surface area contributed by atoms with Crippen LogP contribution in [-0.2, 0) is 14.8 Å². The van der Waals surface area contributed by atoms with E-state index in [0.29, 0.717) is 24.7 Å². The van der Waals surface area contributed by atoms with Gasteiger partial charge in [-0.15, -0.1) is 0 Å². The van der Waals surface area contributed by atoms with Crippen LogP contribution in [0.25, 0.3) is 0 Å². The number of amides is 1. The second-order valence-corrected chi connectivity index (χ2v) is 8.89. The van der Waals surface area contributed by atoms with E-state index in [2.05, 4.69) is 10.0 Å². The van der Waals surface area contributed by atoms with E-state index in [9.17, 15) is 17.6 Å². The number of nitrogens with one attached hydrogen (secondary N) is 2. The van der Waals surface area contributed by atoms with Gasteiger partial charge in [-0.25, -0.2) is 12.8 Å². The van der Waals surface area contributed by atoms with Crippen molar-refractivity contribution in [3.8, 4) is 11.5 Å². The normalized spacial score (nSPS) is 14.5. The summed E-state index contributed by atoms with van der Waals surface area (Å²) in [7, 11) is -4.02. The van der Waals surface area contributed by atoms with Crippen molar-refractivity contribution in [3.63, 3.8) is 0 Å². The number of halogens is 2. The molecular weight excluding hydrogens is 423 g/mol. The Morgan fingerprint density at radius 2 is 1.79 bits per heavy atom. The van der Waals surface area contributed by atoms with Gasteiger partial charge in [-0.1, -0.05) is 25.4 Å². The molecule has 2 N–H and O–H groups in total. The SMILES string of the molecule is CC(C)C(NS(=O)(=O)c1ccc2c(c1)OCCO2)C(=O)Nc1ccc(F)c(Cl)c1. The molecule has 29 heavy (non-hydrogen) atoms. The number of rotatable bonds is 6. The first-order valence-corrected chi connectivity index (χ1v) is 10.7. The van der Waals surface area contributed by atoms with Gasteiger partial charge in [-0.05, 0) is 36.2 Å². The van der Waals surface area contributed by atoms with E-state index in [0.717, 1.165) is 6.07 Å². The minimum Gasteiger partial charge on any atom is -0.486 e. The van der Waals surface area contributed by atoms with Crippen LogP contribution in [0.15, 0.2) is 41.3 Å². The van der Waals surface area contributed by atoms with Crippen LogP contribution in [0.3, 0.4) is 0 Å². The summed E-state index contributed by atoms with van der Waals surface area (Å²) in [6.07, 6.45) is 0. The third kappa shape index (κ3) is 4.98. The summed E-state index contributed by atoms with van der Waals surface area (Å²) in [4.78, 5) is 12.6. The van der Waals surface area contributed by atoms with Gasteiger partial charge in [-0.3, -0.25) is 4.79 Å². The quantitative estimate of drug-likeness (QED) is 0.716. The summed E-state index contributed by atoms with van der Waals surface area (Å²) in [5.74, 6) is -0.793. The van der Waals surface area contributed by atoms with Crippen LogP contribution >= 0.6 is 11.6 Å². The van der Waals surface area contributed by atoms with E-state index in [1.807, 2.05) is 0 Å². The molecular formula is C19H20ClFN2O5S. The maximum Gasteiger partial charge on any atom is 0.242 e. The third-order valence-electron chi connectivity index (χ3n) is 4.24. The van der Waals surface area contributed by atoms with E-state index < -0.39 is 27.8 Å². The largest absolute Gasteiger partial charge is 0.486 e. The van der Waals surface area contributed by atoms with Gasteiger partial charge in [0.05, 0.1) is 9.92 Å². The first-order valence-electron chi connectivity index (χ1n) is 8.85. The Hall–Kier alpha value is -2.36. The maximum absolute atomic E-state index is 13.3. The number of sulfonamides is 1. The fourth-order valence-electron chi connectivity index (χ4n) is 2.71. The second-order valence-electron chi connectivity index (χ2n) is 6.77. The lowest BCUT2D eigenvalue weighted by atomic mass is 10.0. The first-order chi connectivity index (χ1) is 13.7. The highest BCUT2D eigenvalue weighted by Gasteiger charge is 2.29. The average Bonchev–Trinajstić information content (AvgIpc) is 2.68. The minimum absolute atomic E-state index is 0.0509. The Kier molecular flexibility index (Phi) is 6.30. The van der Waals surface area contributed by atoms with E-state index in [-0.39, 0.29) is 21.5 Å². The van der Waals surface area contributed by atoms with Crippen molar-refractivity contribution in [3.05, 3.63) is 47.2 Å². The Labute approximate surface area is 173 Å². The smallest absolute Gasteiger partial charge is 0.242 e. The number of carbonyl (C=O) groups is 1. The van der Waals surface area contributed by atoms with Gasteiger partial charge in [0.1, 0.15) is 25.1 Å². The number of benzene rings is 2. The Morgan fingerprint density at radius 1 is 1.10 bits per heavy atom. The van der Waals surface area contributed by atoms with Crippen LogP contribution in [0.2, 0.25) is 5.02 Å². The van der Waals surface area contributed by atoms with Crippen LogP contribution in [0.1, 0.15) is 13.8 Å². The number of carbonyl (C=O) groups excluding carboxylic acids is 1. The minimum atomic E-state index is -4.02. The van der Waals surface area contributed by atoms with Crippen molar-refractivity contribution in [2.24, 2.45) is 5.92 Å². The highest BCUT2D eigenvalue weighted by molar-refractivity contribution is 7.89. The van der Waals surface area contributed by atoms with E-state index in [4.69, 9.17) is 21.1 Å². The molecule has 0 spiro atoms. The van der Waals surface area contributed by atoms with Gasteiger partial charge in [0, 0.05) is 11.8 Å². The van der Waals surface area contributed by atoms with Crippen LogP contribution in [0.5, 0.6) is 11.5 Å². The molecule has 156 valence electrons. The maximum atomic E-state index is 13.3. The van der Waals surface area contributed by atoms with Gasteiger partial charge >= 0.3 is 0 Å². The van der Waals surface area contributed by atoms with Crippen molar-refractivity contribution in [1.29, 1.82) is 0 Å². The van der Waals surface area contributed by atoms with Crippen molar-refractivity contribution in [1.82, 2.24) is 4.72 Å². The lowest BCUT2D eigenvalue weighted by molar-refractivity contribution is -0.118. The summed E-state index contributed by atoms with van der Waals surface area (Å²) >= 11 is 5.72. The third-order valence-corrected chi connectivity index (χ3v) is 5.97. The van der Waals surface area contributed by atoms with E-state index >= 15 is 0 Å². The number of fused-ring (bicyclic) bond motifs is 1. The first kappa shape index (κ1) is 21.4. The summed E-state index contributed by atoms with van der Waals surface area (Å²) in [5, 5.41) is 2.40. The molecule has 10 heteroatoms. The lowest BCUT2D eigenvalue weighted by Gasteiger charge is -2.23. The van der Waals surface area contributed by atoms with Crippen molar-refractivity contribution >= 4 is 33.2 Å². The van der Waals surface area contributed by atoms with Gasteiger partial charge in [0.2, 0.25) is 15.9 Å². The molecule has 1 amide bonds. The molecule has 0 fully saturated rings. The van der Waals surface area contributed by atoms with Crippen LogP contribution < -0.4 is 19.5 Å². The molecule has 1 heterocycles. The Balaban J connectivity index is 1.80. The van der Waals surface area contributed by atoms with E-state index in [1.165, 1.54) is 30.3 Å². The van der Waals surface area contributed by atoms with Crippen LogP contribution in [-0.4, -0.2) is 33.6 Å². The number of anilines is 1. The molecule has 0 saturated carbocycles. The molecule has 0 saturated heterocycles. The zero-order chi connectivity index (χ0) is 21.2. The molecule has 1 aliphatic rings. The van der Waals surface area contributed by atoms with Crippen molar-refractivity contribution < 1.29 is 27.1 Å². The monoisotopic (exact) mass is 442 g/mol. The Bertz CT molecular complexity index is 1030. The van der Waals surface area contributed by atoms with Gasteiger partial charge in [0.25, 0.3) is 0 Å². The van der Waals surface area contributed by atoms with Gasteiger partial charge in [-0.2, -0.15) is 4.72 Å². The highest BCUT2D eigenvalue weighted by atomic mass is 35.5. The number of hydrogen-bond acceptors (Lipinski definition) is 5. The molecule has 1 unspecified atom stereocenters. The molecule has 1 aliphatic heterocycles. The van der Waals surface area contributed by atoms with Crippen LogP contribution in [0, 0.1) is 11.7 Å². The van der Waals surface area contributed by atoms with E-state index in [1.54, 1.807) is 13.8 Å². The van der Waals surface area contributed by atoms with Crippen molar-refractivity contribution in [2.75, 3.05) is 18.5 Å². The van der Waals surface area contributed by atoms with Gasteiger partial charge < -0.3 is 14.8 Å². The Morgan fingerprint density at radius 3 is 2.45 bits per heavy atom. The predicted molar refractivity (Wildman–Crippen MR) is 106 cm³/mol. The molecule has 0 aromatic heterocycles. The fraction of sp³-hybridized carbons (Fsp3) is 0.316. The molecule has 0 bridgehead atoms. The van der Waals surface area contributed by atoms with Crippen LogP contribution in [0.4, 0.5) is 10.1 Å². The summed E-state index contributed by atoms with van der Waals surface area (Å²) in [5.41, 5.74) is 0.255. The molecule has 3 rings (SSSR count). The summed E-state index contributed by atoms with van der Waals surface area (Å²) in [6.45, 7) is 4.12. The zero-order valence-electron chi connectivity index (χ0n) is 15.7. The molecule has 2 aromatic carbocycles. The summed E-state index contributed by atoms with van der Waals surface area (Å²) in [6, 6.07) is 6.87. The molecule has 7 nitrogen and oxygen atoms in total. The molecule has 0 radical (unpaired) electrons. The summed E-state index contributed by atoms with van der Waals surface area (Å²) < 4.78 is 52.2. The molecule has 1 atom stereocenters. The van der Waals surface area contributed by atoms with Gasteiger partial charge in [0.15, 0.2) is 11.5 Å². The number of hydrogen-bond donors (Lipinski definition) is 2. The molecule has 2 aromatic rings. The predicted octanol–water partition coefficient (Wildman–Crippen LogP) is 3.19. The topological polar surface area (TPSA) is 93.7 Å².